The molecule has 0 fully saturated rings. The molecule has 0 saturated carbocycles. The van der Waals surface area contributed by atoms with Gasteiger partial charge in [-0.05, 0) is 55.6 Å². The number of rotatable bonds is 5. The molecule has 0 aliphatic heterocycles. The second-order valence-electron chi connectivity index (χ2n) is 5.35. The van der Waals surface area contributed by atoms with Gasteiger partial charge in [0.2, 0.25) is 0 Å². The predicted octanol–water partition coefficient (Wildman–Crippen LogP) is 3.99. The third-order valence-corrected chi connectivity index (χ3v) is 3.89. The molecule has 20 heavy (non-hydrogen) atoms. The number of aryl methyl sites for hydroxylation is 2. The van der Waals surface area contributed by atoms with Crippen molar-refractivity contribution in [2.75, 3.05) is 13.6 Å². The normalized spacial score (nSPS) is 12.4. The Morgan fingerprint density at radius 1 is 1.00 bits per heavy atom. The Bertz CT molecular complexity index is 557. The molecule has 0 amide bonds. The van der Waals surface area contributed by atoms with Gasteiger partial charge in [-0.15, -0.1) is 0 Å². The van der Waals surface area contributed by atoms with Crippen molar-refractivity contribution in [2.24, 2.45) is 0 Å². The summed E-state index contributed by atoms with van der Waals surface area (Å²) >= 11 is 0. The van der Waals surface area contributed by atoms with E-state index in [-0.39, 0.29) is 11.7 Å². The van der Waals surface area contributed by atoms with Crippen molar-refractivity contribution in [3.05, 3.63) is 70.5 Å². The fourth-order valence-corrected chi connectivity index (χ4v) is 2.76. The van der Waals surface area contributed by atoms with Gasteiger partial charge in [0, 0.05) is 12.5 Å². The molecule has 0 spiro atoms. The van der Waals surface area contributed by atoms with E-state index in [0.717, 1.165) is 18.5 Å². The maximum atomic E-state index is 14.0. The quantitative estimate of drug-likeness (QED) is 0.867. The maximum Gasteiger partial charge on any atom is 0.126 e. The molecule has 0 aromatic heterocycles. The van der Waals surface area contributed by atoms with E-state index in [4.69, 9.17) is 0 Å². The molecule has 0 bridgehead atoms. The lowest BCUT2D eigenvalue weighted by Crippen LogP contribution is -2.20. The van der Waals surface area contributed by atoms with Crippen molar-refractivity contribution >= 4 is 0 Å². The summed E-state index contributed by atoms with van der Waals surface area (Å²) < 4.78 is 14.0. The predicted molar refractivity (Wildman–Crippen MR) is 82.7 cm³/mol. The molecule has 1 atom stereocenters. The van der Waals surface area contributed by atoms with Crippen LogP contribution < -0.4 is 5.32 Å². The van der Waals surface area contributed by atoms with Gasteiger partial charge in [-0.3, -0.25) is 0 Å². The molecule has 1 nitrogen and oxygen atoms in total. The standard InChI is InChI=1S/C18H22FN/c1-13-7-6-8-14(2)17(13)11-15(12-20-3)16-9-4-5-10-18(16)19/h4-10,15,20H,11-12H2,1-3H3. The van der Waals surface area contributed by atoms with Crippen molar-refractivity contribution < 1.29 is 4.39 Å². The van der Waals surface area contributed by atoms with Gasteiger partial charge in [0.05, 0.1) is 0 Å². The number of halogens is 1. The Hall–Kier alpha value is -1.67. The zero-order valence-electron chi connectivity index (χ0n) is 12.4. The van der Waals surface area contributed by atoms with Crippen LogP contribution in [0.4, 0.5) is 4.39 Å². The van der Waals surface area contributed by atoms with Gasteiger partial charge in [0.25, 0.3) is 0 Å². The molecule has 0 heterocycles. The van der Waals surface area contributed by atoms with Gasteiger partial charge in [0.15, 0.2) is 0 Å². The van der Waals surface area contributed by atoms with Gasteiger partial charge >= 0.3 is 0 Å². The third kappa shape index (κ3) is 3.26. The van der Waals surface area contributed by atoms with Crippen LogP contribution in [0.2, 0.25) is 0 Å². The number of benzene rings is 2. The second kappa shape index (κ2) is 6.67. The minimum Gasteiger partial charge on any atom is -0.319 e. The highest BCUT2D eigenvalue weighted by Gasteiger charge is 2.17. The van der Waals surface area contributed by atoms with E-state index in [1.807, 2.05) is 19.2 Å². The van der Waals surface area contributed by atoms with E-state index in [0.29, 0.717) is 0 Å². The van der Waals surface area contributed by atoms with Crippen molar-refractivity contribution in [1.29, 1.82) is 0 Å². The molecule has 0 radical (unpaired) electrons. The summed E-state index contributed by atoms with van der Waals surface area (Å²) in [7, 11) is 1.92. The van der Waals surface area contributed by atoms with Gasteiger partial charge in [-0.25, -0.2) is 4.39 Å². The fraction of sp³-hybridized carbons (Fsp3) is 0.333. The summed E-state index contributed by atoms with van der Waals surface area (Å²) in [5.74, 6) is 0.0417. The van der Waals surface area contributed by atoms with E-state index >= 15 is 0 Å². The van der Waals surface area contributed by atoms with E-state index < -0.39 is 0 Å². The highest BCUT2D eigenvalue weighted by molar-refractivity contribution is 5.36. The highest BCUT2D eigenvalue weighted by atomic mass is 19.1. The Morgan fingerprint density at radius 3 is 2.25 bits per heavy atom. The van der Waals surface area contributed by atoms with Crippen LogP contribution in [0, 0.1) is 19.7 Å². The summed E-state index contributed by atoms with van der Waals surface area (Å²) in [4.78, 5) is 0. The van der Waals surface area contributed by atoms with Crippen LogP contribution in [0.25, 0.3) is 0 Å². The lowest BCUT2D eigenvalue weighted by Gasteiger charge is -2.20. The van der Waals surface area contributed by atoms with Crippen LogP contribution in [0.5, 0.6) is 0 Å². The molecule has 0 aliphatic carbocycles. The molecule has 0 aliphatic rings. The molecular weight excluding hydrogens is 249 g/mol. The first-order chi connectivity index (χ1) is 9.63. The summed E-state index contributed by atoms with van der Waals surface area (Å²) in [5.41, 5.74) is 4.69. The minimum atomic E-state index is -0.112. The number of hydrogen-bond acceptors (Lipinski definition) is 1. The van der Waals surface area contributed by atoms with Gasteiger partial charge in [-0.1, -0.05) is 36.4 Å². The van der Waals surface area contributed by atoms with E-state index in [1.54, 1.807) is 12.1 Å². The molecule has 2 heteroatoms. The van der Waals surface area contributed by atoms with Crippen molar-refractivity contribution in [3.8, 4) is 0 Å². The van der Waals surface area contributed by atoms with Crippen molar-refractivity contribution in [3.63, 3.8) is 0 Å². The first-order valence-corrected chi connectivity index (χ1v) is 7.07. The summed E-state index contributed by atoms with van der Waals surface area (Å²) in [5, 5.41) is 3.19. The highest BCUT2D eigenvalue weighted by Crippen LogP contribution is 2.26. The lowest BCUT2D eigenvalue weighted by molar-refractivity contribution is 0.555. The molecule has 0 saturated heterocycles. The summed E-state index contributed by atoms with van der Waals surface area (Å²) in [6.07, 6.45) is 0.861. The monoisotopic (exact) mass is 271 g/mol. The van der Waals surface area contributed by atoms with E-state index in [9.17, 15) is 4.39 Å². The zero-order valence-corrected chi connectivity index (χ0v) is 12.4. The van der Waals surface area contributed by atoms with Crippen molar-refractivity contribution in [2.45, 2.75) is 26.2 Å². The molecule has 1 N–H and O–H groups in total. The zero-order chi connectivity index (χ0) is 14.5. The molecule has 2 rings (SSSR count). The molecular formula is C18H22FN. The van der Waals surface area contributed by atoms with Crippen LogP contribution in [-0.2, 0) is 6.42 Å². The topological polar surface area (TPSA) is 12.0 Å². The van der Waals surface area contributed by atoms with Gasteiger partial charge in [-0.2, -0.15) is 0 Å². The fourth-order valence-electron chi connectivity index (χ4n) is 2.76. The average molecular weight is 271 g/mol. The maximum absolute atomic E-state index is 14.0. The molecule has 106 valence electrons. The van der Waals surface area contributed by atoms with Crippen LogP contribution in [-0.4, -0.2) is 13.6 Å². The van der Waals surface area contributed by atoms with Crippen LogP contribution >= 0.6 is 0 Å². The summed E-state index contributed by atoms with van der Waals surface area (Å²) in [6.45, 7) is 5.02. The number of nitrogens with one attached hydrogen (secondary N) is 1. The van der Waals surface area contributed by atoms with Gasteiger partial charge < -0.3 is 5.32 Å². The van der Waals surface area contributed by atoms with Crippen LogP contribution in [0.1, 0.15) is 28.2 Å². The number of hydrogen-bond donors (Lipinski definition) is 1. The number of likely N-dealkylation sites (N-methyl/N-ethyl adjacent to an activating group) is 1. The Balaban J connectivity index is 2.33. The Kier molecular flexibility index (Phi) is 4.91. The third-order valence-electron chi connectivity index (χ3n) is 3.89. The summed E-state index contributed by atoms with van der Waals surface area (Å²) in [6, 6.07) is 13.4. The average Bonchev–Trinajstić information content (AvgIpc) is 2.43. The first-order valence-electron chi connectivity index (χ1n) is 7.07. The van der Waals surface area contributed by atoms with E-state index in [1.165, 1.54) is 16.7 Å². The van der Waals surface area contributed by atoms with Crippen LogP contribution in [0.3, 0.4) is 0 Å². The minimum absolute atomic E-state index is 0.112. The first kappa shape index (κ1) is 14.7. The van der Waals surface area contributed by atoms with Gasteiger partial charge in [0.1, 0.15) is 5.82 Å². The Labute approximate surface area is 120 Å². The Morgan fingerprint density at radius 2 is 1.65 bits per heavy atom. The second-order valence-corrected chi connectivity index (χ2v) is 5.35. The lowest BCUT2D eigenvalue weighted by atomic mass is 9.88. The molecule has 2 aromatic carbocycles. The molecule has 1 unspecified atom stereocenters. The SMILES string of the molecule is CNCC(Cc1c(C)cccc1C)c1ccccc1F. The smallest absolute Gasteiger partial charge is 0.126 e. The largest absolute Gasteiger partial charge is 0.319 e. The molecule has 2 aromatic rings. The van der Waals surface area contributed by atoms with Crippen LogP contribution in [0.15, 0.2) is 42.5 Å². The van der Waals surface area contributed by atoms with Crippen molar-refractivity contribution in [1.82, 2.24) is 5.32 Å². The van der Waals surface area contributed by atoms with E-state index in [2.05, 4.69) is 37.4 Å².